The van der Waals surface area contributed by atoms with E-state index in [1.54, 1.807) is 0 Å². The van der Waals surface area contributed by atoms with E-state index in [2.05, 4.69) is 39.8 Å². The monoisotopic (exact) mass is 299 g/mol. The summed E-state index contributed by atoms with van der Waals surface area (Å²) in [5, 5.41) is 4.37. The highest BCUT2D eigenvalue weighted by Gasteiger charge is 2.07. The van der Waals surface area contributed by atoms with Gasteiger partial charge in [0.15, 0.2) is 0 Å². The molecule has 3 aromatic rings. The fraction of sp³-hybridized carbons (Fsp3) is 0.200. The van der Waals surface area contributed by atoms with Crippen molar-refractivity contribution in [2.24, 2.45) is 5.84 Å². The minimum absolute atomic E-state index is 0.414. The zero-order valence-electron chi connectivity index (χ0n) is 11.8. The molecule has 0 bridgehead atoms. The molecular formula is C15H17N5S. The van der Waals surface area contributed by atoms with E-state index in [9.17, 15) is 0 Å². The zero-order chi connectivity index (χ0) is 14.7. The van der Waals surface area contributed by atoms with Crippen molar-refractivity contribution in [1.82, 2.24) is 9.97 Å². The van der Waals surface area contributed by atoms with Gasteiger partial charge < -0.3 is 5.32 Å². The molecular weight excluding hydrogens is 282 g/mol. The number of rotatable bonds is 5. The molecule has 0 aliphatic rings. The number of nitrogens with one attached hydrogen (secondary N) is 2. The molecule has 0 aliphatic heterocycles. The summed E-state index contributed by atoms with van der Waals surface area (Å²) in [6, 6.07) is 12.2. The van der Waals surface area contributed by atoms with Crippen molar-refractivity contribution in [3.8, 4) is 0 Å². The molecule has 0 amide bonds. The Labute approximate surface area is 127 Å². The maximum Gasteiger partial charge on any atom is 0.239 e. The Morgan fingerprint density at radius 2 is 1.90 bits per heavy atom. The van der Waals surface area contributed by atoms with Gasteiger partial charge in [0.2, 0.25) is 5.95 Å². The first-order valence-electron chi connectivity index (χ1n) is 6.85. The summed E-state index contributed by atoms with van der Waals surface area (Å²) >= 11 is 1.82. The van der Waals surface area contributed by atoms with Crippen LogP contribution in [0, 0.1) is 0 Å². The highest BCUT2D eigenvalue weighted by atomic mass is 32.1. The highest BCUT2D eigenvalue weighted by Crippen LogP contribution is 2.23. The van der Waals surface area contributed by atoms with Crippen LogP contribution in [-0.2, 0) is 13.0 Å². The number of aromatic nitrogens is 2. The van der Waals surface area contributed by atoms with Crippen molar-refractivity contribution in [1.29, 1.82) is 0 Å². The molecule has 21 heavy (non-hydrogen) atoms. The number of hydrazine groups is 1. The van der Waals surface area contributed by atoms with E-state index in [-0.39, 0.29) is 0 Å². The number of para-hydroxylation sites is 1. The van der Waals surface area contributed by atoms with Crippen LogP contribution in [0.15, 0.2) is 36.4 Å². The maximum absolute atomic E-state index is 5.44. The molecule has 0 fully saturated rings. The molecule has 1 aromatic carbocycles. The van der Waals surface area contributed by atoms with Gasteiger partial charge >= 0.3 is 0 Å². The molecule has 3 rings (SSSR count). The lowest BCUT2D eigenvalue weighted by Gasteiger charge is -2.09. The van der Waals surface area contributed by atoms with Crippen LogP contribution in [0.1, 0.15) is 16.7 Å². The molecule has 2 heterocycles. The van der Waals surface area contributed by atoms with Gasteiger partial charge in [-0.1, -0.05) is 19.1 Å². The van der Waals surface area contributed by atoms with Crippen LogP contribution < -0.4 is 16.6 Å². The maximum atomic E-state index is 5.44. The van der Waals surface area contributed by atoms with Gasteiger partial charge in [-0.2, -0.15) is 4.98 Å². The minimum atomic E-state index is 0.414. The molecule has 0 radical (unpaired) electrons. The van der Waals surface area contributed by atoms with Crippen LogP contribution in [0.3, 0.4) is 0 Å². The summed E-state index contributed by atoms with van der Waals surface area (Å²) in [5.41, 5.74) is 3.38. The summed E-state index contributed by atoms with van der Waals surface area (Å²) in [7, 11) is 0. The SMILES string of the molecule is CCc1ccc(CNc2nc(NN)nc3ccccc23)s1. The van der Waals surface area contributed by atoms with Crippen LogP contribution in [0.5, 0.6) is 0 Å². The van der Waals surface area contributed by atoms with E-state index in [1.165, 1.54) is 9.75 Å². The van der Waals surface area contributed by atoms with E-state index < -0.39 is 0 Å². The third-order valence-electron chi connectivity index (χ3n) is 3.23. The van der Waals surface area contributed by atoms with E-state index >= 15 is 0 Å². The molecule has 0 saturated carbocycles. The number of anilines is 2. The van der Waals surface area contributed by atoms with Gasteiger partial charge in [0.1, 0.15) is 5.82 Å². The second-order valence-electron chi connectivity index (χ2n) is 4.63. The number of nitrogens with zero attached hydrogens (tertiary/aromatic N) is 2. The van der Waals surface area contributed by atoms with Crippen LogP contribution in [-0.4, -0.2) is 9.97 Å². The average Bonchev–Trinajstić information content (AvgIpc) is 3.00. The number of benzene rings is 1. The second kappa shape index (κ2) is 6.07. The lowest BCUT2D eigenvalue weighted by atomic mass is 10.2. The Hall–Kier alpha value is -2.18. The standard InChI is InChI=1S/C15H17N5S/c1-2-10-7-8-11(21-10)9-17-14-12-5-3-4-6-13(12)18-15(19-14)20-16/h3-8H,2,9,16H2,1H3,(H2,17,18,19,20). The Bertz CT molecular complexity index is 753. The van der Waals surface area contributed by atoms with Crippen LogP contribution in [0.4, 0.5) is 11.8 Å². The minimum Gasteiger partial charge on any atom is -0.364 e. The average molecular weight is 299 g/mol. The van der Waals surface area contributed by atoms with Gasteiger partial charge in [-0.15, -0.1) is 11.3 Å². The van der Waals surface area contributed by atoms with E-state index in [0.29, 0.717) is 5.95 Å². The number of nitrogen functional groups attached to an aromatic ring is 1. The van der Waals surface area contributed by atoms with Gasteiger partial charge in [0.25, 0.3) is 0 Å². The predicted molar refractivity (Wildman–Crippen MR) is 88.4 cm³/mol. The first-order chi connectivity index (χ1) is 10.3. The van der Waals surface area contributed by atoms with Crippen LogP contribution in [0.25, 0.3) is 10.9 Å². The summed E-state index contributed by atoms with van der Waals surface area (Å²) in [6.45, 7) is 2.91. The number of fused-ring (bicyclic) bond motifs is 1. The smallest absolute Gasteiger partial charge is 0.239 e. The van der Waals surface area contributed by atoms with Crippen molar-refractivity contribution in [2.75, 3.05) is 10.7 Å². The molecule has 0 saturated heterocycles. The first kappa shape index (κ1) is 13.8. The summed E-state index contributed by atoms with van der Waals surface area (Å²) in [6.07, 6.45) is 1.07. The van der Waals surface area contributed by atoms with Crippen molar-refractivity contribution < 1.29 is 0 Å². The molecule has 0 aliphatic carbocycles. The summed E-state index contributed by atoms with van der Waals surface area (Å²) < 4.78 is 0. The number of hydrogen-bond donors (Lipinski definition) is 3. The molecule has 0 unspecified atom stereocenters. The highest BCUT2D eigenvalue weighted by molar-refractivity contribution is 7.12. The molecule has 108 valence electrons. The van der Waals surface area contributed by atoms with Crippen molar-refractivity contribution in [3.05, 3.63) is 46.2 Å². The molecule has 4 N–H and O–H groups in total. The lowest BCUT2D eigenvalue weighted by Crippen LogP contribution is -2.12. The van der Waals surface area contributed by atoms with Gasteiger partial charge in [-0.25, -0.2) is 10.8 Å². The Morgan fingerprint density at radius 1 is 1.10 bits per heavy atom. The molecule has 0 spiro atoms. The fourth-order valence-electron chi connectivity index (χ4n) is 2.15. The van der Waals surface area contributed by atoms with Crippen LogP contribution >= 0.6 is 11.3 Å². The largest absolute Gasteiger partial charge is 0.364 e. The predicted octanol–water partition coefficient (Wildman–Crippen LogP) is 3.15. The van der Waals surface area contributed by atoms with Gasteiger partial charge in [-0.3, -0.25) is 5.43 Å². The zero-order valence-corrected chi connectivity index (χ0v) is 12.6. The third kappa shape index (κ3) is 2.96. The second-order valence-corrected chi connectivity index (χ2v) is 5.89. The molecule has 0 atom stereocenters. The van der Waals surface area contributed by atoms with Gasteiger partial charge in [0, 0.05) is 15.1 Å². The molecule has 5 nitrogen and oxygen atoms in total. The fourth-order valence-corrected chi connectivity index (χ4v) is 3.05. The molecule has 2 aromatic heterocycles. The number of aryl methyl sites for hydroxylation is 1. The van der Waals surface area contributed by atoms with E-state index in [1.807, 2.05) is 35.6 Å². The summed E-state index contributed by atoms with van der Waals surface area (Å²) in [4.78, 5) is 11.4. The lowest BCUT2D eigenvalue weighted by molar-refractivity contribution is 1.10. The quantitative estimate of drug-likeness (QED) is 0.498. The van der Waals surface area contributed by atoms with Crippen molar-refractivity contribution >= 4 is 34.0 Å². The van der Waals surface area contributed by atoms with Crippen LogP contribution in [0.2, 0.25) is 0 Å². The number of thiophene rings is 1. The van der Waals surface area contributed by atoms with Gasteiger partial charge in [-0.05, 0) is 30.7 Å². The first-order valence-corrected chi connectivity index (χ1v) is 7.66. The Morgan fingerprint density at radius 3 is 2.67 bits per heavy atom. The van der Waals surface area contributed by atoms with E-state index in [0.717, 1.165) is 29.7 Å². The van der Waals surface area contributed by atoms with Crippen molar-refractivity contribution in [3.63, 3.8) is 0 Å². The Balaban J connectivity index is 1.88. The molecule has 6 heteroatoms. The number of hydrogen-bond acceptors (Lipinski definition) is 6. The third-order valence-corrected chi connectivity index (χ3v) is 4.46. The topological polar surface area (TPSA) is 75.9 Å². The summed E-state index contributed by atoms with van der Waals surface area (Å²) in [5.74, 6) is 6.64. The Kier molecular flexibility index (Phi) is 3.98. The van der Waals surface area contributed by atoms with Crippen molar-refractivity contribution in [2.45, 2.75) is 19.9 Å². The number of nitrogens with two attached hydrogens (primary N) is 1. The van der Waals surface area contributed by atoms with E-state index in [4.69, 9.17) is 5.84 Å². The normalized spacial score (nSPS) is 10.8. The van der Waals surface area contributed by atoms with Gasteiger partial charge in [0.05, 0.1) is 12.1 Å².